The molecule has 164 valence electrons. The van der Waals surface area contributed by atoms with Gasteiger partial charge in [-0.15, -0.1) is 0 Å². The number of nitrogens with zero attached hydrogens (tertiary/aromatic N) is 3. The van der Waals surface area contributed by atoms with Crippen LogP contribution in [0.15, 0.2) is 30.3 Å². The SMILES string of the molecule is COc1ccc(OCCN(C)CC(=O)Nc2cc(C)nn2C2CCS(=O)(=O)C2)cc1. The van der Waals surface area contributed by atoms with Gasteiger partial charge in [0.1, 0.15) is 23.9 Å². The van der Waals surface area contributed by atoms with Crippen LogP contribution >= 0.6 is 0 Å². The molecule has 1 saturated heterocycles. The Labute approximate surface area is 176 Å². The summed E-state index contributed by atoms with van der Waals surface area (Å²) in [6.45, 7) is 3.00. The number of ether oxygens (including phenoxy) is 2. The van der Waals surface area contributed by atoms with Crippen molar-refractivity contribution in [2.75, 3.05) is 50.7 Å². The third-order valence-electron chi connectivity index (χ3n) is 4.89. The maximum absolute atomic E-state index is 12.5. The fourth-order valence-electron chi connectivity index (χ4n) is 3.35. The Bertz CT molecular complexity index is 972. The van der Waals surface area contributed by atoms with Crippen molar-refractivity contribution in [1.82, 2.24) is 14.7 Å². The molecule has 1 aromatic carbocycles. The molecule has 1 aliphatic heterocycles. The first kappa shape index (κ1) is 22.1. The van der Waals surface area contributed by atoms with Crippen molar-refractivity contribution in [1.29, 1.82) is 0 Å². The second kappa shape index (κ2) is 9.48. The largest absolute Gasteiger partial charge is 0.497 e. The molecule has 0 radical (unpaired) electrons. The molecule has 1 aliphatic rings. The molecule has 30 heavy (non-hydrogen) atoms. The molecule has 9 nitrogen and oxygen atoms in total. The number of rotatable bonds is 9. The van der Waals surface area contributed by atoms with Crippen molar-refractivity contribution < 1.29 is 22.7 Å². The average molecular weight is 437 g/mol. The van der Waals surface area contributed by atoms with E-state index >= 15 is 0 Å². The highest BCUT2D eigenvalue weighted by molar-refractivity contribution is 7.91. The summed E-state index contributed by atoms with van der Waals surface area (Å²) < 4.78 is 36.0. The molecule has 1 fully saturated rings. The second-order valence-electron chi connectivity index (χ2n) is 7.48. The Morgan fingerprint density at radius 2 is 2.00 bits per heavy atom. The van der Waals surface area contributed by atoms with E-state index in [0.717, 1.165) is 17.2 Å². The van der Waals surface area contributed by atoms with Crippen LogP contribution in [0.3, 0.4) is 0 Å². The molecule has 3 rings (SSSR count). The van der Waals surface area contributed by atoms with E-state index in [-0.39, 0.29) is 30.0 Å². The Morgan fingerprint density at radius 3 is 2.63 bits per heavy atom. The van der Waals surface area contributed by atoms with Gasteiger partial charge in [0, 0.05) is 12.6 Å². The lowest BCUT2D eigenvalue weighted by Crippen LogP contribution is -2.33. The number of anilines is 1. The van der Waals surface area contributed by atoms with E-state index in [0.29, 0.717) is 25.4 Å². The zero-order valence-electron chi connectivity index (χ0n) is 17.5. The third kappa shape index (κ3) is 5.96. The summed E-state index contributed by atoms with van der Waals surface area (Å²) in [5.74, 6) is 2.05. The minimum Gasteiger partial charge on any atom is -0.497 e. The standard InChI is InChI=1S/C20H28N4O5S/c1-15-12-19(24(22-15)16-8-11-30(26,27)14-16)21-20(25)13-23(2)9-10-29-18-6-4-17(28-3)5-7-18/h4-7,12,16H,8-11,13-14H2,1-3H3,(H,21,25). The highest BCUT2D eigenvalue weighted by Gasteiger charge is 2.31. The van der Waals surface area contributed by atoms with Crippen LogP contribution in [0.1, 0.15) is 18.2 Å². The van der Waals surface area contributed by atoms with Crippen molar-refractivity contribution in [3.63, 3.8) is 0 Å². The molecule has 1 unspecified atom stereocenters. The van der Waals surface area contributed by atoms with Gasteiger partial charge in [-0.05, 0) is 44.7 Å². The number of carbonyl (C=O) groups is 1. The van der Waals surface area contributed by atoms with Gasteiger partial charge in [-0.25, -0.2) is 13.1 Å². The summed E-state index contributed by atoms with van der Waals surface area (Å²) in [4.78, 5) is 14.3. The number of amides is 1. The van der Waals surface area contributed by atoms with Gasteiger partial charge in [-0.2, -0.15) is 5.10 Å². The van der Waals surface area contributed by atoms with Gasteiger partial charge in [0.05, 0.1) is 36.9 Å². The summed E-state index contributed by atoms with van der Waals surface area (Å²) in [7, 11) is 0.409. The van der Waals surface area contributed by atoms with Crippen LogP contribution < -0.4 is 14.8 Å². The topological polar surface area (TPSA) is 103 Å². The summed E-state index contributed by atoms with van der Waals surface area (Å²) in [6, 6.07) is 8.83. The highest BCUT2D eigenvalue weighted by atomic mass is 32.2. The Kier molecular flexibility index (Phi) is 6.99. The summed E-state index contributed by atoms with van der Waals surface area (Å²) in [5.41, 5.74) is 0.732. The number of methoxy groups -OCH3 is 1. The van der Waals surface area contributed by atoms with Crippen molar-refractivity contribution in [3.8, 4) is 11.5 Å². The number of hydrogen-bond acceptors (Lipinski definition) is 7. The molecular formula is C20H28N4O5S. The average Bonchev–Trinajstić information content (AvgIpc) is 3.23. The van der Waals surface area contributed by atoms with Gasteiger partial charge < -0.3 is 14.8 Å². The smallest absolute Gasteiger partial charge is 0.239 e. The molecule has 1 amide bonds. The molecule has 2 heterocycles. The van der Waals surface area contributed by atoms with Crippen LogP contribution in [-0.2, 0) is 14.6 Å². The summed E-state index contributed by atoms with van der Waals surface area (Å²) in [5, 5.41) is 7.24. The van der Waals surface area contributed by atoms with Crippen LogP contribution in [0.2, 0.25) is 0 Å². The molecule has 1 N–H and O–H groups in total. The maximum atomic E-state index is 12.5. The van der Waals surface area contributed by atoms with Gasteiger partial charge in [-0.1, -0.05) is 0 Å². The summed E-state index contributed by atoms with van der Waals surface area (Å²) in [6.07, 6.45) is 0.509. The molecule has 0 aliphatic carbocycles. The minimum absolute atomic E-state index is 0.0552. The fourth-order valence-corrected chi connectivity index (χ4v) is 5.05. The van der Waals surface area contributed by atoms with Gasteiger partial charge >= 0.3 is 0 Å². The third-order valence-corrected chi connectivity index (χ3v) is 6.64. The van der Waals surface area contributed by atoms with Gasteiger partial charge in [-0.3, -0.25) is 9.69 Å². The minimum atomic E-state index is -3.04. The van der Waals surface area contributed by atoms with E-state index in [1.54, 1.807) is 17.9 Å². The number of sulfone groups is 1. The van der Waals surface area contributed by atoms with Crippen LogP contribution in [-0.4, -0.2) is 74.4 Å². The normalized spacial score (nSPS) is 17.8. The molecule has 0 spiro atoms. The quantitative estimate of drug-likeness (QED) is 0.636. The number of aryl methyl sites for hydroxylation is 1. The van der Waals surface area contributed by atoms with E-state index in [4.69, 9.17) is 9.47 Å². The van der Waals surface area contributed by atoms with Crippen LogP contribution in [0.25, 0.3) is 0 Å². The Hall–Kier alpha value is -2.59. The first-order chi connectivity index (χ1) is 14.3. The molecule has 2 aromatic rings. The Morgan fingerprint density at radius 1 is 1.30 bits per heavy atom. The lowest BCUT2D eigenvalue weighted by molar-refractivity contribution is -0.117. The fraction of sp³-hybridized carbons (Fsp3) is 0.500. The number of nitrogens with one attached hydrogen (secondary N) is 1. The number of likely N-dealkylation sites (N-methyl/N-ethyl adjacent to an activating group) is 1. The monoisotopic (exact) mass is 436 g/mol. The summed E-state index contributed by atoms with van der Waals surface area (Å²) >= 11 is 0. The predicted octanol–water partition coefficient (Wildman–Crippen LogP) is 1.51. The molecule has 0 saturated carbocycles. The molecule has 1 aromatic heterocycles. The van der Waals surface area contributed by atoms with Gasteiger partial charge in [0.15, 0.2) is 9.84 Å². The van der Waals surface area contributed by atoms with Crippen molar-refractivity contribution in [3.05, 3.63) is 36.0 Å². The molecule has 10 heteroatoms. The number of carbonyl (C=O) groups excluding carboxylic acids is 1. The zero-order chi connectivity index (χ0) is 21.7. The maximum Gasteiger partial charge on any atom is 0.239 e. The number of aromatic nitrogens is 2. The van der Waals surface area contributed by atoms with Crippen molar-refractivity contribution >= 4 is 21.6 Å². The number of benzene rings is 1. The Balaban J connectivity index is 1.48. The van der Waals surface area contributed by atoms with Gasteiger partial charge in [0.25, 0.3) is 0 Å². The first-order valence-corrected chi connectivity index (χ1v) is 11.6. The highest BCUT2D eigenvalue weighted by Crippen LogP contribution is 2.27. The van der Waals surface area contributed by atoms with Crippen molar-refractivity contribution in [2.45, 2.75) is 19.4 Å². The zero-order valence-corrected chi connectivity index (χ0v) is 18.3. The lowest BCUT2D eigenvalue weighted by atomic mass is 10.3. The van der Waals surface area contributed by atoms with E-state index in [9.17, 15) is 13.2 Å². The van der Waals surface area contributed by atoms with Crippen LogP contribution in [0, 0.1) is 6.92 Å². The predicted molar refractivity (Wildman–Crippen MR) is 114 cm³/mol. The lowest BCUT2D eigenvalue weighted by Gasteiger charge is -2.18. The van der Waals surface area contributed by atoms with Crippen molar-refractivity contribution in [2.24, 2.45) is 0 Å². The first-order valence-electron chi connectivity index (χ1n) is 9.77. The van der Waals surface area contributed by atoms with Crippen LogP contribution in [0.5, 0.6) is 11.5 Å². The van der Waals surface area contributed by atoms with E-state index in [1.165, 1.54) is 0 Å². The molecule has 1 atom stereocenters. The van der Waals surface area contributed by atoms with Crippen LogP contribution in [0.4, 0.5) is 5.82 Å². The van der Waals surface area contributed by atoms with E-state index in [1.807, 2.05) is 43.1 Å². The van der Waals surface area contributed by atoms with Gasteiger partial charge in [0.2, 0.25) is 5.91 Å². The number of hydrogen-bond donors (Lipinski definition) is 1. The van der Waals surface area contributed by atoms with E-state index in [2.05, 4.69) is 10.4 Å². The molecular weight excluding hydrogens is 408 g/mol. The second-order valence-corrected chi connectivity index (χ2v) is 9.71. The van der Waals surface area contributed by atoms with E-state index < -0.39 is 9.84 Å². The molecule has 0 bridgehead atoms.